The number of amides is 1. The van der Waals surface area contributed by atoms with E-state index >= 15 is 0 Å². The first kappa shape index (κ1) is 24.0. The predicted molar refractivity (Wildman–Crippen MR) is 137 cm³/mol. The fraction of sp³-hybridized carbons (Fsp3) is 0.481. The summed E-state index contributed by atoms with van der Waals surface area (Å²) in [7, 11) is -3.63. The zero-order chi connectivity index (χ0) is 24.4. The zero-order valence-electron chi connectivity index (χ0n) is 20.3. The maximum Gasteiger partial charge on any atom is 0.285 e. The van der Waals surface area contributed by atoms with Gasteiger partial charge in [-0.3, -0.25) is 9.69 Å². The third kappa shape index (κ3) is 5.14. The Morgan fingerprint density at radius 1 is 0.971 bits per heavy atom. The van der Waals surface area contributed by atoms with Gasteiger partial charge >= 0.3 is 0 Å². The summed E-state index contributed by atoms with van der Waals surface area (Å²) in [6.45, 7) is 6.27. The van der Waals surface area contributed by atoms with Crippen molar-refractivity contribution in [1.29, 1.82) is 0 Å². The molecule has 7 nitrogen and oxygen atoms in total. The molecule has 1 unspecified atom stereocenters. The van der Waals surface area contributed by atoms with Gasteiger partial charge in [-0.05, 0) is 62.4 Å². The number of hydrogen-bond acceptors (Lipinski definition) is 5. The van der Waals surface area contributed by atoms with Crippen molar-refractivity contribution < 1.29 is 13.2 Å². The van der Waals surface area contributed by atoms with Crippen LogP contribution in [0.4, 0.5) is 0 Å². The first-order valence-electron chi connectivity index (χ1n) is 12.7. The molecule has 0 radical (unpaired) electrons. The summed E-state index contributed by atoms with van der Waals surface area (Å²) in [5, 5.41) is 3.25. The van der Waals surface area contributed by atoms with Gasteiger partial charge in [-0.1, -0.05) is 49.4 Å². The van der Waals surface area contributed by atoms with E-state index in [4.69, 9.17) is 0 Å². The minimum atomic E-state index is -3.63. The van der Waals surface area contributed by atoms with Crippen molar-refractivity contribution in [3.05, 3.63) is 65.7 Å². The number of hydrogen-bond donors (Lipinski definition) is 1. The molecule has 35 heavy (non-hydrogen) atoms. The number of carbonyl (C=O) groups is 1. The summed E-state index contributed by atoms with van der Waals surface area (Å²) in [5.41, 5.74) is 1.91. The summed E-state index contributed by atoms with van der Waals surface area (Å²) in [4.78, 5) is 17.9. The Balaban J connectivity index is 1.20. The molecule has 0 aromatic heterocycles. The van der Waals surface area contributed by atoms with E-state index in [2.05, 4.69) is 45.8 Å². The molecule has 186 valence electrons. The summed E-state index contributed by atoms with van der Waals surface area (Å²) in [6, 6.07) is 17.6. The summed E-state index contributed by atoms with van der Waals surface area (Å²) < 4.78 is 28.9. The number of fused-ring (bicyclic) bond motifs is 1. The fourth-order valence-corrected chi connectivity index (χ4v) is 6.71. The molecule has 3 aliphatic rings. The quantitative estimate of drug-likeness (QED) is 0.689. The minimum absolute atomic E-state index is 0.0714. The fourth-order valence-electron chi connectivity index (χ4n) is 5.48. The third-order valence-corrected chi connectivity index (χ3v) is 9.02. The van der Waals surface area contributed by atoms with E-state index in [0.29, 0.717) is 43.9 Å². The maximum absolute atomic E-state index is 13.1. The molecule has 8 heteroatoms. The van der Waals surface area contributed by atoms with Crippen molar-refractivity contribution in [2.24, 2.45) is 16.2 Å². The monoisotopic (exact) mass is 494 g/mol. The van der Waals surface area contributed by atoms with Crippen molar-refractivity contribution in [2.75, 3.05) is 32.7 Å². The molecule has 1 amide bonds. The van der Waals surface area contributed by atoms with Crippen LogP contribution in [0.25, 0.3) is 0 Å². The molecule has 3 aliphatic heterocycles. The lowest BCUT2D eigenvalue weighted by Crippen LogP contribution is -2.46. The lowest BCUT2D eigenvalue weighted by atomic mass is 9.94. The number of likely N-dealkylation sites (tertiary alicyclic amines) is 2. The Morgan fingerprint density at radius 2 is 1.63 bits per heavy atom. The number of sulfonamides is 1. The number of nitrogens with zero attached hydrogens (tertiary/aromatic N) is 3. The van der Waals surface area contributed by atoms with E-state index in [0.717, 1.165) is 19.0 Å². The second kappa shape index (κ2) is 10.1. The van der Waals surface area contributed by atoms with Crippen molar-refractivity contribution in [1.82, 2.24) is 15.1 Å². The standard InChI is InChI=1S/C27H34N4O3S/c1-20-11-15-30(16-12-20)24(21-7-3-2-4-8-21)19-28-27(32)22-13-17-31(18-14-22)26-23-9-5-6-10-25(23)35(33,34)29-26/h2-10,20,22,24H,11-19H2,1H3,(H,28,32). The smallest absolute Gasteiger partial charge is 0.285 e. The number of nitrogens with one attached hydrogen (secondary N) is 1. The van der Waals surface area contributed by atoms with Gasteiger partial charge in [0.1, 0.15) is 4.90 Å². The lowest BCUT2D eigenvalue weighted by Gasteiger charge is -2.37. The number of benzene rings is 2. The summed E-state index contributed by atoms with van der Waals surface area (Å²) in [6.07, 6.45) is 3.76. The largest absolute Gasteiger partial charge is 0.355 e. The average Bonchev–Trinajstić information content (AvgIpc) is 3.16. The highest BCUT2D eigenvalue weighted by Crippen LogP contribution is 2.30. The van der Waals surface area contributed by atoms with Crippen LogP contribution in [0.2, 0.25) is 0 Å². The highest BCUT2D eigenvalue weighted by Gasteiger charge is 2.34. The molecule has 1 N–H and O–H groups in total. The first-order chi connectivity index (χ1) is 16.9. The van der Waals surface area contributed by atoms with Crippen LogP contribution in [0.15, 0.2) is 63.9 Å². The van der Waals surface area contributed by atoms with E-state index in [1.54, 1.807) is 12.1 Å². The highest BCUT2D eigenvalue weighted by molar-refractivity contribution is 7.90. The van der Waals surface area contributed by atoms with Crippen LogP contribution in [0.5, 0.6) is 0 Å². The van der Waals surface area contributed by atoms with Gasteiger partial charge < -0.3 is 10.2 Å². The summed E-state index contributed by atoms with van der Waals surface area (Å²) >= 11 is 0. The van der Waals surface area contributed by atoms with E-state index in [1.165, 1.54) is 18.4 Å². The van der Waals surface area contributed by atoms with Crippen LogP contribution in [-0.2, 0) is 14.8 Å². The van der Waals surface area contributed by atoms with Crippen LogP contribution in [-0.4, -0.2) is 62.7 Å². The Morgan fingerprint density at radius 3 is 2.34 bits per heavy atom. The van der Waals surface area contributed by atoms with Gasteiger partial charge in [-0.15, -0.1) is 4.40 Å². The topological polar surface area (TPSA) is 82.1 Å². The Bertz CT molecular complexity index is 1180. The second-order valence-corrected chi connectivity index (χ2v) is 11.6. The number of rotatable bonds is 5. The van der Waals surface area contributed by atoms with Gasteiger partial charge in [0.05, 0.1) is 6.04 Å². The second-order valence-electron chi connectivity index (χ2n) is 10.0. The molecule has 0 spiro atoms. The van der Waals surface area contributed by atoms with E-state index < -0.39 is 10.0 Å². The predicted octanol–water partition coefficient (Wildman–Crippen LogP) is 3.44. The number of carbonyl (C=O) groups excluding carboxylic acids is 1. The number of amidine groups is 1. The Labute approximate surface area is 208 Å². The minimum Gasteiger partial charge on any atom is -0.355 e. The molecule has 3 heterocycles. The molecule has 1 atom stereocenters. The van der Waals surface area contributed by atoms with Crippen LogP contribution in [0.3, 0.4) is 0 Å². The highest BCUT2D eigenvalue weighted by atomic mass is 32.2. The molecule has 0 aliphatic carbocycles. The van der Waals surface area contributed by atoms with Gasteiger partial charge in [0.15, 0.2) is 5.84 Å². The van der Waals surface area contributed by atoms with Gasteiger partial charge in [0, 0.05) is 31.1 Å². The SMILES string of the molecule is CC1CCN(C(CNC(=O)C2CCN(C3=NS(=O)(=O)c4ccccc43)CC2)c2ccccc2)CC1. The molecule has 0 bridgehead atoms. The molecule has 0 saturated carbocycles. The average molecular weight is 495 g/mol. The third-order valence-electron chi connectivity index (χ3n) is 7.69. The molecule has 2 aromatic rings. The molecule has 5 rings (SSSR count). The van der Waals surface area contributed by atoms with Crippen LogP contribution in [0.1, 0.15) is 49.8 Å². The zero-order valence-corrected chi connectivity index (χ0v) is 21.1. The van der Waals surface area contributed by atoms with E-state index in [9.17, 15) is 13.2 Å². The molecule has 2 aromatic carbocycles. The van der Waals surface area contributed by atoms with Gasteiger partial charge in [-0.25, -0.2) is 0 Å². The van der Waals surface area contributed by atoms with Crippen molar-refractivity contribution in [3.8, 4) is 0 Å². The van der Waals surface area contributed by atoms with Gasteiger partial charge in [0.25, 0.3) is 10.0 Å². The van der Waals surface area contributed by atoms with Crippen LogP contribution < -0.4 is 5.32 Å². The van der Waals surface area contributed by atoms with Crippen molar-refractivity contribution >= 4 is 21.8 Å². The Hall–Kier alpha value is -2.71. The van der Waals surface area contributed by atoms with Gasteiger partial charge in [-0.2, -0.15) is 8.42 Å². The van der Waals surface area contributed by atoms with Gasteiger partial charge in [0.2, 0.25) is 5.91 Å². The Kier molecular flexibility index (Phi) is 6.93. The molecule has 2 saturated heterocycles. The van der Waals surface area contributed by atoms with Crippen molar-refractivity contribution in [3.63, 3.8) is 0 Å². The van der Waals surface area contributed by atoms with E-state index in [-0.39, 0.29) is 22.8 Å². The summed E-state index contributed by atoms with van der Waals surface area (Å²) in [5.74, 6) is 1.30. The molecular formula is C27H34N4O3S. The lowest BCUT2D eigenvalue weighted by molar-refractivity contribution is -0.126. The molecular weight excluding hydrogens is 460 g/mol. The number of piperidine rings is 2. The van der Waals surface area contributed by atoms with Crippen LogP contribution in [0, 0.1) is 11.8 Å². The maximum atomic E-state index is 13.1. The van der Waals surface area contributed by atoms with E-state index in [1.807, 2.05) is 23.1 Å². The normalized spacial score (nSPS) is 21.9. The first-order valence-corrected chi connectivity index (χ1v) is 14.1. The van der Waals surface area contributed by atoms with Crippen LogP contribution >= 0.6 is 0 Å². The molecule has 2 fully saturated rings. The van der Waals surface area contributed by atoms with Crippen molar-refractivity contribution in [2.45, 2.75) is 43.5 Å².